The summed E-state index contributed by atoms with van der Waals surface area (Å²) in [6, 6.07) is 6.07. The van der Waals surface area contributed by atoms with E-state index in [1.54, 1.807) is 0 Å². The van der Waals surface area contributed by atoms with Crippen LogP contribution in [0.2, 0.25) is 0 Å². The smallest absolute Gasteiger partial charge is 0.122 e. The van der Waals surface area contributed by atoms with E-state index in [0.29, 0.717) is 25.2 Å². The quantitative estimate of drug-likeness (QED) is 0.808. The minimum atomic E-state index is -0.497. The van der Waals surface area contributed by atoms with E-state index in [0.717, 1.165) is 30.9 Å². The van der Waals surface area contributed by atoms with Crippen LogP contribution in [-0.4, -0.2) is 43.6 Å². The number of rotatable bonds is 7. The molecule has 2 N–H and O–H groups in total. The first kappa shape index (κ1) is 16.3. The molecule has 0 bridgehead atoms. The predicted octanol–water partition coefficient (Wildman–Crippen LogP) is 2.06. The summed E-state index contributed by atoms with van der Waals surface area (Å²) >= 11 is 0. The van der Waals surface area contributed by atoms with Crippen molar-refractivity contribution in [2.24, 2.45) is 5.92 Å². The summed E-state index contributed by atoms with van der Waals surface area (Å²) in [6.07, 6.45) is 0.924. The number of aryl methyl sites for hydroxylation is 2. The summed E-state index contributed by atoms with van der Waals surface area (Å²) in [5.41, 5.74) is 2.32. The highest BCUT2D eigenvalue weighted by Gasteiger charge is 2.23. The second-order valence-corrected chi connectivity index (χ2v) is 6.02. The van der Waals surface area contributed by atoms with Crippen LogP contribution in [-0.2, 0) is 4.74 Å². The maximum absolute atomic E-state index is 9.98. The predicted molar refractivity (Wildman–Crippen MR) is 83.8 cm³/mol. The Kier molecular flexibility index (Phi) is 6.03. The van der Waals surface area contributed by atoms with E-state index in [1.807, 2.05) is 19.1 Å². The average molecular weight is 293 g/mol. The number of hydrogen-bond donors (Lipinski definition) is 2. The lowest BCUT2D eigenvalue weighted by molar-refractivity contribution is 0.0944. The Morgan fingerprint density at radius 3 is 2.90 bits per heavy atom. The van der Waals surface area contributed by atoms with E-state index >= 15 is 0 Å². The lowest BCUT2D eigenvalue weighted by atomic mass is 10.0. The van der Waals surface area contributed by atoms with E-state index in [2.05, 4.69) is 25.2 Å². The molecule has 3 unspecified atom stereocenters. The fraction of sp³-hybridized carbons (Fsp3) is 0.647. The van der Waals surface area contributed by atoms with Crippen molar-refractivity contribution in [2.75, 3.05) is 26.3 Å². The van der Waals surface area contributed by atoms with Gasteiger partial charge < -0.3 is 19.9 Å². The molecule has 4 nitrogen and oxygen atoms in total. The fourth-order valence-electron chi connectivity index (χ4n) is 2.69. The lowest BCUT2D eigenvalue weighted by Gasteiger charge is -2.18. The molecule has 0 aromatic heterocycles. The standard InChI is InChI=1S/C17H27NO3/c1-12-4-5-17(13(2)8-12)21-11-16(19)10-18-9-15-6-7-20-14(15)3/h4-5,8,14-16,18-19H,6-7,9-11H2,1-3H3. The summed E-state index contributed by atoms with van der Waals surface area (Å²) in [4.78, 5) is 0. The zero-order valence-corrected chi connectivity index (χ0v) is 13.3. The van der Waals surface area contributed by atoms with Gasteiger partial charge in [0, 0.05) is 19.7 Å². The van der Waals surface area contributed by atoms with Crippen molar-refractivity contribution in [3.05, 3.63) is 29.3 Å². The first-order valence-corrected chi connectivity index (χ1v) is 7.76. The number of nitrogens with one attached hydrogen (secondary N) is 1. The minimum absolute atomic E-state index is 0.313. The van der Waals surface area contributed by atoms with Crippen LogP contribution in [0.1, 0.15) is 24.5 Å². The maximum Gasteiger partial charge on any atom is 0.122 e. The van der Waals surface area contributed by atoms with E-state index in [-0.39, 0.29) is 0 Å². The summed E-state index contributed by atoms with van der Waals surface area (Å²) in [6.45, 7) is 8.80. The number of aliphatic hydroxyl groups is 1. The van der Waals surface area contributed by atoms with Crippen LogP contribution < -0.4 is 10.1 Å². The Labute approximate surface area is 127 Å². The summed E-state index contributed by atoms with van der Waals surface area (Å²) in [5, 5.41) is 13.3. The van der Waals surface area contributed by atoms with Gasteiger partial charge in [-0.1, -0.05) is 17.7 Å². The Morgan fingerprint density at radius 1 is 1.43 bits per heavy atom. The van der Waals surface area contributed by atoms with Gasteiger partial charge in [0.1, 0.15) is 18.5 Å². The largest absolute Gasteiger partial charge is 0.491 e. The maximum atomic E-state index is 9.98. The number of benzene rings is 1. The molecule has 1 heterocycles. The summed E-state index contributed by atoms with van der Waals surface area (Å²) in [5.74, 6) is 1.40. The summed E-state index contributed by atoms with van der Waals surface area (Å²) < 4.78 is 11.2. The first-order chi connectivity index (χ1) is 10.1. The van der Waals surface area contributed by atoms with Crippen molar-refractivity contribution < 1.29 is 14.6 Å². The molecule has 21 heavy (non-hydrogen) atoms. The molecule has 0 amide bonds. The molecule has 0 aliphatic carbocycles. The monoisotopic (exact) mass is 293 g/mol. The van der Waals surface area contributed by atoms with Gasteiger partial charge in [-0.15, -0.1) is 0 Å². The number of hydrogen-bond acceptors (Lipinski definition) is 4. The van der Waals surface area contributed by atoms with E-state index < -0.39 is 6.10 Å². The molecule has 1 saturated heterocycles. The fourth-order valence-corrected chi connectivity index (χ4v) is 2.69. The molecular formula is C17H27NO3. The van der Waals surface area contributed by atoms with Gasteiger partial charge in [-0.2, -0.15) is 0 Å². The zero-order chi connectivity index (χ0) is 15.2. The third-order valence-electron chi connectivity index (χ3n) is 4.08. The van der Waals surface area contributed by atoms with Gasteiger partial charge in [0.25, 0.3) is 0 Å². The average Bonchev–Trinajstić information content (AvgIpc) is 2.83. The molecule has 3 atom stereocenters. The lowest BCUT2D eigenvalue weighted by Crippen LogP contribution is -2.35. The third-order valence-corrected chi connectivity index (χ3v) is 4.08. The van der Waals surface area contributed by atoms with Gasteiger partial charge >= 0.3 is 0 Å². The molecule has 1 aromatic rings. The van der Waals surface area contributed by atoms with Crippen LogP contribution in [0, 0.1) is 19.8 Å². The van der Waals surface area contributed by atoms with Gasteiger partial charge in [-0.3, -0.25) is 0 Å². The van der Waals surface area contributed by atoms with Crippen LogP contribution in [0.25, 0.3) is 0 Å². The Bertz CT molecular complexity index is 450. The van der Waals surface area contributed by atoms with E-state index in [1.165, 1.54) is 5.56 Å². The molecule has 0 saturated carbocycles. The first-order valence-electron chi connectivity index (χ1n) is 7.76. The molecule has 1 fully saturated rings. The van der Waals surface area contributed by atoms with Gasteiger partial charge in [0.05, 0.1) is 6.10 Å². The molecule has 2 rings (SSSR count). The van der Waals surface area contributed by atoms with Crippen molar-refractivity contribution in [2.45, 2.75) is 39.4 Å². The SMILES string of the molecule is Cc1ccc(OCC(O)CNCC2CCOC2C)c(C)c1. The van der Waals surface area contributed by atoms with Crippen molar-refractivity contribution in [3.8, 4) is 5.75 Å². The van der Waals surface area contributed by atoms with Gasteiger partial charge in [0.15, 0.2) is 0 Å². The molecular weight excluding hydrogens is 266 g/mol. The molecule has 118 valence electrons. The van der Waals surface area contributed by atoms with E-state index in [9.17, 15) is 5.11 Å². The molecule has 1 aromatic carbocycles. The second-order valence-electron chi connectivity index (χ2n) is 6.02. The zero-order valence-electron chi connectivity index (χ0n) is 13.3. The normalized spacial score (nSPS) is 23.2. The Morgan fingerprint density at radius 2 is 2.24 bits per heavy atom. The Balaban J connectivity index is 1.66. The Hall–Kier alpha value is -1.10. The van der Waals surface area contributed by atoms with Gasteiger partial charge in [-0.25, -0.2) is 0 Å². The molecule has 4 heteroatoms. The highest BCUT2D eigenvalue weighted by molar-refractivity contribution is 5.35. The highest BCUT2D eigenvalue weighted by atomic mass is 16.5. The van der Waals surface area contributed by atoms with Crippen molar-refractivity contribution in [1.29, 1.82) is 0 Å². The number of ether oxygens (including phenoxy) is 2. The number of aliphatic hydroxyl groups excluding tert-OH is 1. The highest BCUT2D eigenvalue weighted by Crippen LogP contribution is 2.20. The third kappa shape index (κ3) is 4.99. The van der Waals surface area contributed by atoms with Gasteiger partial charge in [0.2, 0.25) is 0 Å². The van der Waals surface area contributed by atoms with Crippen LogP contribution in [0.3, 0.4) is 0 Å². The van der Waals surface area contributed by atoms with Crippen molar-refractivity contribution in [3.63, 3.8) is 0 Å². The summed E-state index contributed by atoms with van der Waals surface area (Å²) in [7, 11) is 0. The van der Waals surface area contributed by atoms with Crippen LogP contribution in [0.5, 0.6) is 5.75 Å². The van der Waals surface area contributed by atoms with E-state index in [4.69, 9.17) is 9.47 Å². The molecule has 1 aliphatic heterocycles. The topological polar surface area (TPSA) is 50.7 Å². The van der Waals surface area contributed by atoms with Crippen molar-refractivity contribution in [1.82, 2.24) is 5.32 Å². The second kappa shape index (κ2) is 7.78. The van der Waals surface area contributed by atoms with Crippen LogP contribution in [0.15, 0.2) is 18.2 Å². The van der Waals surface area contributed by atoms with Crippen LogP contribution >= 0.6 is 0 Å². The van der Waals surface area contributed by atoms with Crippen molar-refractivity contribution >= 4 is 0 Å². The molecule has 1 aliphatic rings. The van der Waals surface area contributed by atoms with Gasteiger partial charge in [-0.05, 0) is 44.7 Å². The van der Waals surface area contributed by atoms with Crippen LogP contribution in [0.4, 0.5) is 0 Å². The minimum Gasteiger partial charge on any atom is -0.491 e. The molecule has 0 spiro atoms. The molecule has 0 radical (unpaired) electrons.